The summed E-state index contributed by atoms with van der Waals surface area (Å²) in [5.74, 6) is 0. The largest absolute Gasteiger partial charge is 0.392 e. The first-order chi connectivity index (χ1) is 8.68. The van der Waals surface area contributed by atoms with Gasteiger partial charge in [-0.3, -0.25) is 10.1 Å². The molecule has 2 rings (SSSR count). The highest BCUT2D eigenvalue weighted by Crippen LogP contribution is 2.21. The van der Waals surface area contributed by atoms with E-state index < -0.39 is 0 Å². The van der Waals surface area contributed by atoms with Crippen molar-refractivity contribution in [3.63, 3.8) is 0 Å². The lowest BCUT2D eigenvalue weighted by atomic mass is 9.92. The zero-order valence-electron chi connectivity index (χ0n) is 10.2. The Labute approximate surface area is 106 Å². The molecule has 0 aromatic heterocycles. The molecular weight excluding hydrogens is 232 g/mol. The average molecular weight is 250 g/mol. The van der Waals surface area contributed by atoms with Gasteiger partial charge in [0.15, 0.2) is 0 Å². The highest BCUT2D eigenvalue weighted by Gasteiger charge is 2.23. The van der Waals surface area contributed by atoms with Crippen LogP contribution in [0.1, 0.15) is 31.2 Å². The molecule has 1 aliphatic carbocycles. The zero-order valence-corrected chi connectivity index (χ0v) is 10.2. The summed E-state index contributed by atoms with van der Waals surface area (Å²) in [5, 5.41) is 23.9. The first kappa shape index (κ1) is 13.0. The van der Waals surface area contributed by atoms with Crippen molar-refractivity contribution < 1.29 is 10.0 Å². The Bertz CT molecular complexity index is 422. The number of aliphatic hydroxyl groups excluding tert-OH is 1. The molecule has 1 fully saturated rings. The zero-order chi connectivity index (χ0) is 13.0. The molecule has 5 nitrogen and oxygen atoms in total. The van der Waals surface area contributed by atoms with Gasteiger partial charge in [0.1, 0.15) is 0 Å². The molecule has 0 aliphatic heterocycles. The third-order valence-corrected chi connectivity index (χ3v) is 3.47. The van der Waals surface area contributed by atoms with E-state index >= 15 is 0 Å². The Morgan fingerprint density at radius 3 is 2.78 bits per heavy atom. The number of nitro groups is 1. The number of hydrogen-bond donors (Lipinski definition) is 2. The van der Waals surface area contributed by atoms with Crippen molar-refractivity contribution in [3.05, 3.63) is 39.9 Å². The Morgan fingerprint density at radius 2 is 2.06 bits per heavy atom. The van der Waals surface area contributed by atoms with Crippen LogP contribution in [-0.2, 0) is 6.54 Å². The maximum atomic E-state index is 10.9. The third-order valence-electron chi connectivity index (χ3n) is 3.47. The third kappa shape index (κ3) is 3.05. The normalized spacial score (nSPS) is 23.8. The summed E-state index contributed by atoms with van der Waals surface area (Å²) in [6.07, 6.45) is 3.58. The van der Waals surface area contributed by atoms with E-state index in [1.807, 2.05) is 0 Å². The molecule has 1 aliphatic rings. The van der Waals surface area contributed by atoms with Crippen LogP contribution in [0.15, 0.2) is 24.3 Å². The monoisotopic (exact) mass is 250 g/mol. The maximum absolute atomic E-state index is 10.9. The van der Waals surface area contributed by atoms with Gasteiger partial charge in [0, 0.05) is 24.2 Å². The van der Waals surface area contributed by atoms with E-state index in [2.05, 4.69) is 5.32 Å². The van der Waals surface area contributed by atoms with Crippen molar-refractivity contribution in [3.8, 4) is 0 Å². The van der Waals surface area contributed by atoms with Crippen molar-refractivity contribution >= 4 is 5.69 Å². The van der Waals surface area contributed by atoms with Crippen molar-refractivity contribution in [2.45, 2.75) is 44.4 Å². The van der Waals surface area contributed by atoms with Crippen molar-refractivity contribution in [2.75, 3.05) is 0 Å². The van der Waals surface area contributed by atoms with Crippen LogP contribution in [0.3, 0.4) is 0 Å². The van der Waals surface area contributed by atoms with E-state index in [1.54, 1.807) is 18.2 Å². The fourth-order valence-electron chi connectivity index (χ4n) is 2.43. The summed E-state index contributed by atoms with van der Waals surface area (Å²) in [7, 11) is 0. The highest BCUT2D eigenvalue weighted by molar-refractivity contribution is 5.39. The minimum Gasteiger partial charge on any atom is -0.392 e. The molecule has 2 N–H and O–H groups in total. The van der Waals surface area contributed by atoms with Gasteiger partial charge in [0.2, 0.25) is 0 Å². The fraction of sp³-hybridized carbons (Fsp3) is 0.538. The summed E-state index contributed by atoms with van der Waals surface area (Å²) in [6, 6.07) is 6.77. The molecule has 1 aromatic carbocycles. The summed E-state index contributed by atoms with van der Waals surface area (Å²) < 4.78 is 0. The molecule has 0 heterocycles. The molecule has 18 heavy (non-hydrogen) atoms. The molecule has 1 saturated carbocycles. The molecule has 0 saturated heterocycles. The van der Waals surface area contributed by atoms with Gasteiger partial charge >= 0.3 is 0 Å². The number of rotatable bonds is 4. The first-order valence-corrected chi connectivity index (χ1v) is 6.32. The van der Waals surface area contributed by atoms with Gasteiger partial charge in [-0.15, -0.1) is 0 Å². The van der Waals surface area contributed by atoms with Crippen molar-refractivity contribution in [2.24, 2.45) is 0 Å². The summed E-state index contributed by atoms with van der Waals surface area (Å²) in [6.45, 7) is 0.429. The van der Waals surface area contributed by atoms with E-state index in [9.17, 15) is 15.2 Å². The van der Waals surface area contributed by atoms with Gasteiger partial charge in [-0.2, -0.15) is 0 Å². The second kappa shape index (κ2) is 5.93. The van der Waals surface area contributed by atoms with Gasteiger partial charge in [-0.1, -0.05) is 31.0 Å². The number of aliphatic hydroxyl groups is 1. The molecule has 0 spiro atoms. The Balaban J connectivity index is 1.99. The van der Waals surface area contributed by atoms with Crippen LogP contribution in [0.2, 0.25) is 0 Å². The quantitative estimate of drug-likeness (QED) is 0.633. The number of nitrogens with one attached hydrogen (secondary N) is 1. The van der Waals surface area contributed by atoms with E-state index in [4.69, 9.17) is 0 Å². The minimum atomic E-state index is -0.367. The van der Waals surface area contributed by atoms with Crippen LogP contribution in [0, 0.1) is 10.1 Å². The second-order valence-electron chi connectivity index (χ2n) is 4.73. The van der Waals surface area contributed by atoms with Gasteiger partial charge < -0.3 is 10.4 Å². The molecular formula is C13H18N2O3. The Hall–Kier alpha value is -1.46. The lowest BCUT2D eigenvalue weighted by Gasteiger charge is -2.28. The number of benzene rings is 1. The van der Waals surface area contributed by atoms with Gasteiger partial charge in [0.25, 0.3) is 5.69 Å². The Kier molecular flexibility index (Phi) is 4.28. The van der Waals surface area contributed by atoms with E-state index in [1.165, 1.54) is 6.07 Å². The molecule has 1 aromatic rings. The van der Waals surface area contributed by atoms with E-state index in [-0.39, 0.29) is 22.8 Å². The summed E-state index contributed by atoms with van der Waals surface area (Å²) >= 11 is 0. The topological polar surface area (TPSA) is 75.4 Å². The molecule has 5 heteroatoms. The standard InChI is InChI=1S/C13H18N2O3/c16-13-8-4-2-6-11(13)14-9-10-5-1-3-7-12(10)15(17)18/h1,3,5,7,11,13-14,16H,2,4,6,8-9H2/t11-,13-/m0/s1. The second-order valence-corrected chi connectivity index (χ2v) is 4.73. The van der Waals surface area contributed by atoms with Crippen LogP contribution in [0.4, 0.5) is 5.69 Å². The van der Waals surface area contributed by atoms with Crippen molar-refractivity contribution in [1.29, 1.82) is 0 Å². The SMILES string of the molecule is O=[N+]([O-])c1ccccc1CN[C@H]1CCCC[C@@H]1O. The molecule has 0 radical (unpaired) electrons. The smallest absolute Gasteiger partial charge is 0.273 e. The molecule has 0 amide bonds. The average Bonchev–Trinajstić information content (AvgIpc) is 2.38. The van der Waals surface area contributed by atoms with Gasteiger partial charge in [-0.05, 0) is 12.8 Å². The van der Waals surface area contributed by atoms with Crippen LogP contribution >= 0.6 is 0 Å². The van der Waals surface area contributed by atoms with Gasteiger partial charge in [0.05, 0.1) is 11.0 Å². The number of nitrogens with zero attached hydrogens (tertiary/aromatic N) is 1. The highest BCUT2D eigenvalue weighted by atomic mass is 16.6. The van der Waals surface area contributed by atoms with E-state index in [0.717, 1.165) is 25.7 Å². The maximum Gasteiger partial charge on any atom is 0.273 e. The number of nitro benzene ring substituents is 1. The minimum absolute atomic E-state index is 0.0542. The van der Waals surface area contributed by atoms with Crippen LogP contribution in [0.5, 0.6) is 0 Å². The predicted octanol–water partition coefficient (Wildman–Crippen LogP) is 1.99. The summed E-state index contributed by atoms with van der Waals surface area (Å²) in [5.41, 5.74) is 0.801. The lowest BCUT2D eigenvalue weighted by Crippen LogP contribution is -2.41. The molecule has 0 unspecified atom stereocenters. The van der Waals surface area contributed by atoms with Gasteiger partial charge in [-0.25, -0.2) is 0 Å². The van der Waals surface area contributed by atoms with Crippen LogP contribution in [-0.4, -0.2) is 22.2 Å². The first-order valence-electron chi connectivity index (χ1n) is 6.32. The summed E-state index contributed by atoms with van der Waals surface area (Å²) in [4.78, 5) is 10.5. The predicted molar refractivity (Wildman–Crippen MR) is 68.2 cm³/mol. The number of para-hydroxylation sites is 1. The molecule has 0 bridgehead atoms. The Morgan fingerprint density at radius 1 is 1.33 bits per heavy atom. The van der Waals surface area contributed by atoms with Crippen LogP contribution < -0.4 is 5.32 Å². The lowest BCUT2D eigenvalue weighted by molar-refractivity contribution is -0.385. The number of hydrogen-bond acceptors (Lipinski definition) is 4. The fourth-order valence-corrected chi connectivity index (χ4v) is 2.43. The van der Waals surface area contributed by atoms with Crippen molar-refractivity contribution in [1.82, 2.24) is 5.32 Å². The van der Waals surface area contributed by atoms with E-state index in [0.29, 0.717) is 12.1 Å². The molecule has 2 atom stereocenters. The van der Waals surface area contributed by atoms with Crippen LogP contribution in [0.25, 0.3) is 0 Å². The molecule has 98 valence electrons.